The van der Waals surface area contributed by atoms with E-state index in [9.17, 15) is 9.50 Å². The smallest absolute Gasteiger partial charge is 0.123 e. The van der Waals surface area contributed by atoms with E-state index in [0.717, 1.165) is 13.6 Å². The molecule has 0 amide bonds. The highest BCUT2D eigenvalue weighted by molar-refractivity contribution is 14.1. The normalized spacial score (nSPS) is 12.5. The number of benzene rings is 2. The van der Waals surface area contributed by atoms with E-state index in [4.69, 9.17) is 11.6 Å². The van der Waals surface area contributed by atoms with Gasteiger partial charge in [-0.3, -0.25) is 0 Å². The summed E-state index contributed by atoms with van der Waals surface area (Å²) in [6.07, 6.45) is -0.438. The molecule has 0 aromatic heterocycles. The molecule has 0 radical (unpaired) electrons. The van der Waals surface area contributed by atoms with Gasteiger partial charge in [-0.1, -0.05) is 27.5 Å². The molecule has 100 valence electrons. The van der Waals surface area contributed by atoms with E-state index in [1.165, 1.54) is 18.2 Å². The lowest BCUT2D eigenvalue weighted by Gasteiger charge is -2.14. The van der Waals surface area contributed by atoms with Gasteiger partial charge in [-0.2, -0.15) is 0 Å². The average Bonchev–Trinajstić information content (AvgIpc) is 2.36. The second kappa shape index (κ2) is 6.52. The van der Waals surface area contributed by atoms with Crippen molar-refractivity contribution in [2.75, 3.05) is 0 Å². The Morgan fingerprint density at radius 2 is 2.00 bits per heavy atom. The van der Waals surface area contributed by atoms with Gasteiger partial charge >= 0.3 is 0 Å². The fourth-order valence-electron chi connectivity index (χ4n) is 1.79. The second-order valence-electron chi connectivity index (χ2n) is 4.12. The molecule has 1 nitrogen and oxygen atoms in total. The number of aliphatic hydroxyl groups excluding tert-OH is 1. The van der Waals surface area contributed by atoms with Crippen molar-refractivity contribution in [3.63, 3.8) is 0 Å². The van der Waals surface area contributed by atoms with Crippen LogP contribution in [0.5, 0.6) is 0 Å². The zero-order valence-electron chi connectivity index (χ0n) is 9.71. The lowest BCUT2D eigenvalue weighted by Crippen LogP contribution is -2.05. The lowest BCUT2D eigenvalue weighted by molar-refractivity contribution is 0.177. The summed E-state index contributed by atoms with van der Waals surface area (Å²) in [5.41, 5.74) is 1.40. The van der Waals surface area contributed by atoms with E-state index >= 15 is 0 Å². The van der Waals surface area contributed by atoms with Gasteiger partial charge in [-0.15, -0.1) is 0 Å². The van der Waals surface area contributed by atoms with Gasteiger partial charge in [0, 0.05) is 19.5 Å². The third-order valence-electron chi connectivity index (χ3n) is 2.74. The maximum absolute atomic E-state index is 13.2. The monoisotopic (exact) mass is 454 g/mol. The van der Waals surface area contributed by atoms with Crippen LogP contribution in [0, 0.1) is 9.39 Å². The Bertz CT molecular complexity index is 606. The molecule has 1 N–H and O–H groups in total. The molecule has 2 aromatic rings. The van der Waals surface area contributed by atoms with Gasteiger partial charge in [-0.05, 0) is 70.1 Å². The molecule has 5 heteroatoms. The Morgan fingerprint density at radius 1 is 1.26 bits per heavy atom. The molecule has 0 saturated heterocycles. The molecule has 2 aromatic carbocycles. The van der Waals surface area contributed by atoms with Crippen LogP contribution < -0.4 is 0 Å². The van der Waals surface area contributed by atoms with Crippen LogP contribution in [0.4, 0.5) is 4.39 Å². The quantitative estimate of drug-likeness (QED) is 0.637. The number of hydrogen-bond donors (Lipinski definition) is 1. The Morgan fingerprint density at radius 3 is 2.74 bits per heavy atom. The summed E-state index contributed by atoms with van der Waals surface area (Å²) in [4.78, 5) is 0. The number of hydrogen-bond acceptors (Lipinski definition) is 1. The van der Waals surface area contributed by atoms with E-state index < -0.39 is 6.10 Å². The van der Waals surface area contributed by atoms with E-state index in [-0.39, 0.29) is 12.2 Å². The van der Waals surface area contributed by atoms with Crippen LogP contribution in [0.1, 0.15) is 17.2 Å². The third kappa shape index (κ3) is 3.90. The van der Waals surface area contributed by atoms with Crippen molar-refractivity contribution in [1.82, 2.24) is 0 Å². The Balaban J connectivity index is 2.27. The Hall–Kier alpha value is -0.170. The molecule has 0 aliphatic heterocycles. The zero-order valence-corrected chi connectivity index (χ0v) is 14.2. The van der Waals surface area contributed by atoms with Gasteiger partial charge in [0.1, 0.15) is 5.82 Å². The molecule has 1 atom stereocenters. The largest absolute Gasteiger partial charge is 0.388 e. The van der Waals surface area contributed by atoms with Crippen LogP contribution in [0.15, 0.2) is 40.9 Å². The van der Waals surface area contributed by atoms with Crippen molar-refractivity contribution < 1.29 is 9.50 Å². The van der Waals surface area contributed by atoms with Crippen molar-refractivity contribution in [1.29, 1.82) is 0 Å². The summed E-state index contributed by atoms with van der Waals surface area (Å²) in [7, 11) is 0. The van der Waals surface area contributed by atoms with Gasteiger partial charge in [-0.25, -0.2) is 4.39 Å². The minimum atomic E-state index is -0.719. The molecule has 0 saturated carbocycles. The predicted molar refractivity (Wildman–Crippen MR) is 86.9 cm³/mol. The van der Waals surface area contributed by atoms with Crippen molar-refractivity contribution >= 4 is 50.1 Å². The van der Waals surface area contributed by atoms with Gasteiger partial charge in [0.15, 0.2) is 0 Å². The van der Waals surface area contributed by atoms with Crippen molar-refractivity contribution in [2.24, 2.45) is 0 Å². The number of rotatable bonds is 3. The maximum atomic E-state index is 13.2. The first-order chi connectivity index (χ1) is 8.97. The minimum Gasteiger partial charge on any atom is -0.388 e. The molecule has 0 bridgehead atoms. The van der Waals surface area contributed by atoms with Crippen LogP contribution in [0.3, 0.4) is 0 Å². The lowest BCUT2D eigenvalue weighted by atomic mass is 10.0. The van der Waals surface area contributed by atoms with Crippen molar-refractivity contribution in [2.45, 2.75) is 12.5 Å². The summed E-state index contributed by atoms with van der Waals surface area (Å²) in [6.45, 7) is 0. The first-order valence-corrected chi connectivity index (χ1v) is 7.79. The highest BCUT2D eigenvalue weighted by Gasteiger charge is 2.14. The molecular weight excluding hydrogens is 445 g/mol. The summed E-state index contributed by atoms with van der Waals surface area (Å²) in [6, 6.07) is 9.85. The van der Waals surface area contributed by atoms with E-state index in [2.05, 4.69) is 38.5 Å². The number of aliphatic hydroxyl groups is 1. The molecule has 19 heavy (non-hydrogen) atoms. The fraction of sp³-hybridized carbons (Fsp3) is 0.143. The van der Waals surface area contributed by atoms with Crippen LogP contribution >= 0.6 is 50.1 Å². The van der Waals surface area contributed by atoms with E-state index in [1.54, 1.807) is 0 Å². The van der Waals surface area contributed by atoms with Gasteiger partial charge in [0.05, 0.1) is 6.10 Å². The Kier molecular flexibility index (Phi) is 5.22. The maximum Gasteiger partial charge on any atom is 0.123 e. The SMILES string of the molecule is OC(Cc1cc(F)ccc1Cl)c1cc(Br)ccc1I. The summed E-state index contributed by atoms with van der Waals surface area (Å²) in [5.74, 6) is -0.351. The first kappa shape index (κ1) is 15.2. The molecule has 0 heterocycles. The van der Waals surface area contributed by atoms with Gasteiger partial charge < -0.3 is 5.11 Å². The van der Waals surface area contributed by atoms with E-state index in [0.29, 0.717) is 10.6 Å². The molecule has 2 rings (SSSR count). The highest BCUT2D eigenvalue weighted by Crippen LogP contribution is 2.28. The second-order valence-corrected chi connectivity index (χ2v) is 6.61. The van der Waals surface area contributed by atoms with Crippen LogP contribution in [-0.4, -0.2) is 5.11 Å². The minimum absolute atomic E-state index is 0.281. The van der Waals surface area contributed by atoms with Crippen LogP contribution in [0.25, 0.3) is 0 Å². The summed E-state index contributed by atoms with van der Waals surface area (Å²) < 4.78 is 15.0. The van der Waals surface area contributed by atoms with Crippen molar-refractivity contribution in [3.05, 3.63) is 66.4 Å². The molecule has 0 fully saturated rings. The molecule has 0 aliphatic rings. The topological polar surface area (TPSA) is 20.2 Å². The van der Waals surface area contributed by atoms with Gasteiger partial charge in [0.25, 0.3) is 0 Å². The fourth-order valence-corrected chi connectivity index (χ4v) is 3.06. The first-order valence-electron chi connectivity index (χ1n) is 5.54. The Labute approximate surface area is 138 Å². The molecule has 0 spiro atoms. The van der Waals surface area contributed by atoms with Crippen molar-refractivity contribution in [3.8, 4) is 0 Å². The molecule has 1 unspecified atom stereocenters. The third-order valence-corrected chi connectivity index (χ3v) is 4.58. The van der Waals surface area contributed by atoms with Crippen LogP contribution in [0.2, 0.25) is 5.02 Å². The summed E-state index contributed by atoms with van der Waals surface area (Å²) >= 11 is 11.5. The van der Waals surface area contributed by atoms with Gasteiger partial charge in [0.2, 0.25) is 0 Å². The number of halogens is 4. The highest BCUT2D eigenvalue weighted by atomic mass is 127. The van der Waals surface area contributed by atoms with Crippen LogP contribution in [-0.2, 0) is 6.42 Å². The predicted octanol–water partition coefficient (Wildman–Crippen LogP) is 5.12. The zero-order chi connectivity index (χ0) is 14.0. The summed E-state index contributed by atoms with van der Waals surface area (Å²) in [5, 5.41) is 10.8. The average molecular weight is 455 g/mol. The molecular formula is C14H10BrClFIO. The molecule has 0 aliphatic carbocycles. The standard InChI is InChI=1S/C14H10BrClFIO/c15-9-1-4-13(18)11(7-9)14(19)6-8-5-10(17)2-3-12(8)16/h1-5,7,14,19H,6H2. The van der Waals surface area contributed by atoms with E-state index in [1.807, 2.05) is 18.2 Å².